The molecule has 1 amide bonds. The molecule has 0 saturated heterocycles. The molecule has 1 N–H and O–H groups in total. The number of amides is 1. The van der Waals surface area contributed by atoms with Crippen LogP contribution in [0, 0.1) is 6.92 Å². The van der Waals surface area contributed by atoms with Crippen LogP contribution in [0.1, 0.15) is 41.8 Å². The van der Waals surface area contributed by atoms with Crippen LogP contribution >= 0.6 is 0 Å². The van der Waals surface area contributed by atoms with E-state index in [0.29, 0.717) is 23.4 Å². The van der Waals surface area contributed by atoms with Gasteiger partial charge in [0.15, 0.2) is 0 Å². The molecule has 4 aromatic rings. The van der Waals surface area contributed by atoms with Crippen LogP contribution in [0.2, 0.25) is 0 Å². The number of rotatable bonds is 5. The van der Waals surface area contributed by atoms with E-state index in [1.54, 1.807) is 48.1 Å². The van der Waals surface area contributed by atoms with E-state index in [1.807, 2.05) is 13.8 Å². The molecule has 9 nitrogen and oxygen atoms in total. The van der Waals surface area contributed by atoms with Crippen molar-refractivity contribution in [2.24, 2.45) is 0 Å². The number of aromatic nitrogens is 5. The molecule has 0 radical (unpaired) electrons. The van der Waals surface area contributed by atoms with Crippen LogP contribution in [0.4, 0.5) is 0 Å². The Morgan fingerprint density at radius 1 is 1.20 bits per heavy atom. The Morgan fingerprint density at radius 3 is 2.70 bits per heavy atom. The first-order chi connectivity index (χ1) is 14.5. The van der Waals surface area contributed by atoms with Crippen LogP contribution in [-0.2, 0) is 6.54 Å². The van der Waals surface area contributed by atoms with E-state index in [2.05, 4.69) is 25.4 Å². The monoisotopic (exact) mass is 404 g/mol. The average Bonchev–Trinajstić information content (AvgIpc) is 3.25. The highest BCUT2D eigenvalue weighted by Gasteiger charge is 2.21. The van der Waals surface area contributed by atoms with E-state index in [0.717, 1.165) is 11.3 Å². The Kier molecular flexibility index (Phi) is 5.09. The minimum atomic E-state index is -0.582. The summed E-state index contributed by atoms with van der Waals surface area (Å²) < 4.78 is 7.08. The van der Waals surface area contributed by atoms with Gasteiger partial charge >= 0.3 is 0 Å². The van der Waals surface area contributed by atoms with E-state index < -0.39 is 11.9 Å². The SMILES string of the molecule is CCn1cc(C(=O)NC(C)c2nc(-c3ccncc3)no2)c(=O)c2ccc(C)nc21. The van der Waals surface area contributed by atoms with E-state index in [9.17, 15) is 9.59 Å². The van der Waals surface area contributed by atoms with Crippen LogP contribution in [0.3, 0.4) is 0 Å². The molecule has 0 aromatic carbocycles. The van der Waals surface area contributed by atoms with E-state index >= 15 is 0 Å². The zero-order chi connectivity index (χ0) is 21.3. The first-order valence-electron chi connectivity index (χ1n) is 9.53. The molecule has 0 aliphatic heterocycles. The van der Waals surface area contributed by atoms with Crippen LogP contribution in [0.25, 0.3) is 22.4 Å². The normalized spacial score (nSPS) is 12.1. The molecule has 0 bridgehead atoms. The molecule has 0 aliphatic carbocycles. The molecule has 9 heteroatoms. The summed E-state index contributed by atoms with van der Waals surface area (Å²) in [5, 5.41) is 7.11. The maximum Gasteiger partial charge on any atom is 0.257 e. The lowest BCUT2D eigenvalue weighted by Crippen LogP contribution is -2.32. The van der Waals surface area contributed by atoms with Crippen LogP contribution in [-0.4, -0.2) is 30.6 Å². The number of carbonyl (C=O) groups excluding carboxylic acids is 1. The molecule has 4 heterocycles. The molecule has 0 spiro atoms. The van der Waals surface area contributed by atoms with Crippen molar-refractivity contribution in [1.29, 1.82) is 0 Å². The van der Waals surface area contributed by atoms with Gasteiger partial charge in [0.05, 0.1) is 5.39 Å². The quantitative estimate of drug-likeness (QED) is 0.543. The van der Waals surface area contributed by atoms with Gasteiger partial charge in [0, 0.05) is 36.4 Å². The van der Waals surface area contributed by atoms with Gasteiger partial charge in [0.25, 0.3) is 5.91 Å². The molecule has 0 fully saturated rings. The third kappa shape index (κ3) is 3.57. The highest BCUT2D eigenvalue weighted by Crippen LogP contribution is 2.18. The second kappa shape index (κ2) is 7.86. The van der Waals surface area contributed by atoms with Gasteiger partial charge in [-0.3, -0.25) is 14.6 Å². The summed E-state index contributed by atoms with van der Waals surface area (Å²) in [5.74, 6) is 0.124. The molecular weight excluding hydrogens is 384 g/mol. The third-order valence-electron chi connectivity index (χ3n) is 4.74. The fourth-order valence-corrected chi connectivity index (χ4v) is 3.13. The molecule has 0 saturated carbocycles. The van der Waals surface area contributed by atoms with Crippen molar-refractivity contribution >= 4 is 16.9 Å². The molecular formula is C21H20N6O3. The van der Waals surface area contributed by atoms with Gasteiger partial charge < -0.3 is 14.4 Å². The predicted molar refractivity (Wildman–Crippen MR) is 110 cm³/mol. The highest BCUT2D eigenvalue weighted by atomic mass is 16.5. The van der Waals surface area contributed by atoms with Gasteiger partial charge in [-0.2, -0.15) is 4.98 Å². The third-order valence-corrected chi connectivity index (χ3v) is 4.74. The Bertz CT molecular complexity index is 1280. The van der Waals surface area contributed by atoms with Gasteiger partial charge in [0.1, 0.15) is 17.3 Å². The lowest BCUT2D eigenvalue weighted by Gasteiger charge is -2.13. The Balaban J connectivity index is 1.62. The standard InChI is InChI=1S/C21H20N6O3/c1-4-27-11-16(17(28)15-6-5-12(2)23-19(15)27)20(29)24-13(3)21-25-18(26-30-21)14-7-9-22-10-8-14/h5-11,13H,4H2,1-3H3,(H,24,29). The largest absolute Gasteiger partial charge is 0.340 e. The number of pyridine rings is 3. The number of nitrogens with zero attached hydrogens (tertiary/aromatic N) is 5. The zero-order valence-electron chi connectivity index (χ0n) is 16.8. The van der Waals surface area contributed by atoms with E-state index in [-0.39, 0.29) is 16.9 Å². The number of aryl methyl sites for hydroxylation is 2. The molecule has 1 unspecified atom stereocenters. The van der Waals surface area contributed by atoms with Crippen molar-refractivity contribution in [3.63, 3.8) is 0 Å². The van der Waals surface area contributed by atoms with Crippen molar-refractivity contribution in [3.8, 4) is 11.4 Å². The Hall–Kier alpha value is -3.88. The Labute approximate surface area is 171 Å². The molecule has 30 heavy (non-hydrogen) atoms. The minimum Gasteiger partial charge on any atom is -0.340 e. The number of hydrogen-bond donors (Lipinski definition) is 1. The average molecular weight is 404 g/mol. The topological polar surface area (TPSA) is 116 Å². The van der Waals surface area contributed by atoms with Gasteiger partial charge in [-0.1, -0.05) is 5.16 Å². The number of nitrogens with one attached hydrogen (secondary N) is 1. The smallest absolute Gasteiger partial charge is 0.257 e. The van der Waals surface area contributed by atoms with Crippen molar-refractivity contribution in [2.45, 2.75) is 33.4 Å². The number of carbonyl (C=O) groups is 1. The predicted octanol–water partition coefficient (Wildman–Crippen LogP) is 2.66. The summed E-state index contributed by atoms with van der Waals surface area (Å²) >= 11 is 0. The van der Waals surface area contributed by atoms with Gasteiger partial charge in [-0.15, -0.1) is 0 Å². The molecule has 4 aromatic heterocycles. The van der Waals surface area contributed by atoms with Crippen LogP contribution < -0.4 is 10.7 Å². The number of fused-ring (bicyclic) bond motifs is 1. The fraction of sp³-hybridized carbons (Fsp3) is 0.238. The summed E-state index contributed by atoms with van der Waals surface area (Å²) in [5.41, 5.74) is 1.79. The molecule has 1 atom stereocenters. The summed E-state index contributed by atoms with van der Waals surface area (Å²) in [6.45, 7) is 6.07. The second-order valence-electron chi connectivity index (χ2n) is 6.87. The number of hydrogen-bond acceptors (Lipinski definition) is 7. The highest BCUT2D eigenvalue weighted by molar-refractivity contribution is 5.97. The first-order valence-corrected chi connectivity index (χ1v) is 9.53. The van der Waals surface area contributed by atoms with E-state index in [1.165, 1.54) is 6.20 Å². The molecule has 152 valence electrons. The van der Waals surface area contributed by atoms with E-state index in [4.69, 9.17) is 4.52 Å². The lowest BCUT2D eigenvalue weighted by molar-refractivity contribution is 0.0931. The summed E-state index contributed by atoms with van der Waals surface area (Å²) in [6.07, 6.45) is 4.80. The fourth-order valence-electron chi connectivity index (χ4n) is 3.13. The van der Waals surface area contributed by atoms with Gasteiger partial charge in [-0.05, 0) is 45.0 Å². The Morgan fingerprint density at radius 2 is 1.97 bits per heavy atom. The minimum absolute atomic E-state index is 0.0377. The first kappa shape index (κ1) is 19.4. The summed E-state index contributed by atoms with van der Waals surface area (Å²) in [4.78, 5) is 38.5. The van der Waals surface area contributed by atoms with Crippen molar-refractivity contribution in [2.75, 3.05) is 0 Å². The van der Waals surface area contributed by atoms with Crippen LogP contribution in [0.15, 0.2) is 52.2 Å². The van der Waals surface area contributed by atoms with Crippen molar-refractivity contribution in [1.82, 2.24) is 30.0 Å². The molecule has 4 rings (SSSR count). The zero-order valence-corrected chi connectivity index (χ0v) is 16.8. The van der Waals surface area contributed by atoms with Gasteiger partial charge in [-0.25, -0.2) is 4.98 Å². The summed E-state index contributed by atoms with van der Waals surface area (Å²) in [7, 11) is 0. The lowest BCUT2D eigenvalue weighted by atomic mass is 10.1. The molecule has 0 aliphatic rings. The van der Waals surface area contributed by atoms with Crippen molar-refractivity contribution in [3.05, 3.63) is 70.2 Å². The van der Waals surface area contributed by atoms with Crippen molar-refractivity contribution < 1.29 is 9.32 Å². The van der Waals surface area contributed by atoms with Gasteiger partial charge in [0.2, 0.25) is 17.1 Å². The maximum atomic E-state index is 12.9. The second-order valence-corrected chi connectivity index (χ2v) is 6.87. The maximum absolute atomic E-state index is 12.9. The summed E-state index contributed by atoms with van der Waals surface area (Å²) in [6, 6.07) is 6.39. The van der Waals surface area contributed by atoms with Crippen LogP contribution in [0.5, 0.6) is 0 Å².